The molecule has 0 spiro atoms. The predicted molar refractivity (Wildman–Crippen MR) is 179 cm³/mol. The van der Waals surface area contributed by atoms with Crippen LogP contribution in [0.15, 0.2) is 48.5 Å². The minimum atomic E-state index is -5.39. The number of nitrogens with one attached hydrogen (secondary N) is 3. The molecule has 1 fully saturated rings. The van der Waals surface area contributed by atoms with E-state index in [4.69, 9.17) is 25.8 Å². The molecule has 1 unspecified atom stereocenters. The topological polar surface area (TPSA) is 148 Å². The van der Waals surface area contributed by atoms with Crippen LogP contribution in [0.4, 0.5) is 22.4 Å². The second kappa shape index (κ2) is 14.9. The highest BCUT2D eigenvalue weighted by atomic mass is 35.5. The van der Waals surface area contributed by atoms with Crippen molar-refractivity contribution >= 4 is 29.5 Å². The zero-order chi connectivity index (χ0) is 37.9. The van der Waals surface area contributed by atoms with Crippen molar-refractivity contribution < 1.29 is 51.3 Å². The highest BCUT2D eigenvalue weighted by Crippen LogP contribution is 2.41. The monoisotopic (exact) mass is 738 g/mol. The number of halogens is 5. The lowest BCUT2D eigenvalue weighted by molar-refractivity contribution is -0.265. The molecule has 276 valence electrons. The van der Waals surface area contributed by atoms with Gasteiger partial charge in [-0.1, -0.05) is 11.6 Å². The fourth-order valence-corrected chi connectivity index (χ4v) is 4.94. The Morgan fingerprint density at radius 3 is 2.24 bits per heavy atom. The molecule has 1 aromatic heterocycles. The van der Waals surface area contributed by atoms with Crippen LogP contribution in [0, 0.1) is 5.82 Å². The van der Waals surface area contributed by atoms with Gasteiger partial charge in [0.1, 0.15) is 18.0 Å². The average molecular weight is 739 g/mol. The Labute approximate surface area is 297 Å². The lowest BCUT2D eigenvalue weighted by Gasteiger charge is -2.33. The van der Waals surface area contributed by atoms with Gasteiger partial charge >= 0.3 is 12.3 Å². The van der Waals surface area contributed by atoms with E-state index in [1.165, 1.54) is 51.3 Å². The molecular formula is C35H39ClF4N4O7. The van der Waals surface area contributed by atoms with Crippen molar-refractivity contribution in [1.82, 2.24) is 20.9 Å². The van der Waals surface area contributed by atoms with Crippen LogP contribution >= 0.6 is 11.6 Å². The number of hydrogen-bond acceptors (Lipinski definition) is 8. The maximum atomic E-state index is 14.9. The number of ether oxygens (including phenoxy) is 3. The Morgan fingerprint density at radius 1 is 0.961 bits per heavy atom. The van der Waals surface area contributed by atoms with Crippen molar-refractivity contribution in [1.29, 1.82) is 0 Å². The maximum absolute atomic E-state index is 14.9. The van der Waals surface area contributed by atoms with Gasteiger partial charge < -0.3 is 35.3 Å². The first kappa shape index (κ1) is 39.2. The lowest BCUT2D eigenvalue weighted by Crippen LogP contribution is -2.52. The zero-order valence-corrected chi connectivity index (χ0v) is 29.5. The first-order valence-electron chi connectivity index (χ1n) is 15.8. The molecule has 1 aliphatic carbocycles. The molecule has 2 aromatic carbocycles. The van der Waals surface area contributed by atoms with E-state index in [0.717, 1.165) is 31.0 Å². The molecular weight excluding hydrogens is 700 g/mol. The van der Waals surface area contributed by atoms with E-state index in [-0.39, 0.29) is 39.3 Å². The van der Waals surface area contributed by atoms with Crippen LogP contribution in [0.1, 0.15) is 69.1 Å². The van der Waals surface area contributed by atoms with Crippen molar-refractivity contribution in [2.24, 2.45) is 0 Å². The molecule has 1 heterocycles. The number of methoxy groups -OCH3 is 1. The molecule has 16 heteroatoms. The summed E-state index contributed by atoms with van der Waals surface area (Å²) in [6, 6.07) is 9.74. The van der Waals surface area contributed by atoms with Gasteiger partial charge in [0.25, 0.3) is 5.91 Å². The Balaban J connectivity index is 1.68. The van der Waals surface area contributed by atoms with Crippen LogP contribution in [0.2, 0.25) is 5.02 Å². The number of alkyl halides is 3. The second-order valence-corrected chi connectivity index (χ2v) is 13.9. The van der Waals surface area contributed by atoms with Gasteiger partial charge in [0.15, 0.2) is 11.5 Å². The smallest absolute Gasteiger partial charge is 0.424 e. The Morgan fingerprint density at radius 2 is 1.65 bits per heavy atom. The Bertz CT molecular complexity index is 1790. The summed E-state index contributed by atoms with van der Waals surface area (Å²) in [5.74, 6) is -1.91. The van der Waals surface area contributed by atoms with Gasteiger partial charge in [0.2, 0.25) is 11.5 Å². The summed E-state index contributed by atoms with van der Waals surface area (Å²) in [7, 11) is 1.35. The molecule has 1 aliphatic rings. The number of pyridine rings is 1. The predicted octanol–water partition coefficient (Wildman–Crippen LogP) is 6.15. The maximum Gasteiger partial charge on any atom is 0.424 e. The molecule has 3 aromatic rings. The van der Waals surface area contributed by atoms with E-state index < -0.39 is 65.4 Å². The number of carbonyl (C=O) groups is 3. The number of aromatic nitrogens is 1. The minimum absolute atomic E-state index is 0.0201. The van der Waals surface area contributed by atoms with E-state index in [2.05, 4.69) is 20.9 Å². The number of amides is 3. The van der Waals surface area contributed by atoms with E-state index >= 15 is 0 Å². The highest BCUT2D eigenvalue weighted by Gasteiger charge is 2.56. The van der Waals surface area contributed by atoms with Crippen LogP contribution in [0.3, 0.4) is 0 Å². The Kier molecular flexibility index (Phi) is 11.5. The second-order valence-electron chi connectivity index (χ2n) is 13.5. The molecule has 0 saturated heterocycles. The van der Waals surface area contributed by atoms with Gasteiger partial charge in [-0.05, 0) is 102 Å². The van der Waals surface area contributed by atoms with Crippen molar-refractivity contribution in [3.05, 3.63) is 76.2 Å². The van der Waals surface area contributed by atoms with Crippen molar-refractivity contribution in [3.63, 3.8) is 0 Å². The number of carbonyl (C=O) groups excluding carboxylic acids is 3. The summed E-state index contributed by atoms with van der Waals surface area (Å²) in [5.41, 5.74) is -7.10. The molecule has 11 nitrogen and oxygen atoms in total. The van der Waals surface area contributed by atoms with Crippen molar-refractivity contribution in [2.75, 3.05) is 20.2 Å². The SMILES string of the molecule is COc1cc(C(=O)NCC(O)(c2cc(C(C)(C)NC(=O)CNC(=O)OC(C)(C)C)cc(-c3ccc(F)c(Cl)c3)n2)C(F)(F)F)ccc1OC1CC1. The van der Waals surface area contributed by atoms with Gasteiger partial charge in [-0.15, -0.1) is 0 Å². The van der Waals surface area contributed by atoms with Crippen molar-refractivity contribution in [3.8, 4) is 22.8 Å². The summed E-state index contributed by atoms with van der Waals surface area (Å²) in [6.45, 7) is 5.94. The lowest BCUT2D eigenvalue weighted by atomic mass is 9.88. The molecule has 3 amide bonds. The third kappa shape index (κ3) is 10.0. The van der Waals surface area contributed by atoms with E-state index in [1.54, 1.807) is 20.8 Å². The fraction of sp³-hybridized carbons (Fsp3) is 0.429. The third-order valence-electron chi connectivity index (χ3n) is 7.65. The number of alkyl carbamates (subject to hydrolysis) is 1. The first-order valence-corrected chi connectivity index (χ1v) is 16.2. The van der Waals surface area contributed by atoms with E-state index in [1.807, 2.05) is 0 Å². The molecule has 1 atom stereocenters. The fourth-order valence-electron chi connectivity index (χ4n) is 4.76. The van der Waals surface area contributed by atoms with Crippen molar-refractivity contribution in [2.45, 2.75) is 76.5 Å². The van der Waals surface area contributed by atoms with Crippen LogP contribution < -0.4 is 25.4 Å². The summed E-state index contributed by atoms with van der Waals surface area (Å²) in [6.07, 6.45) is -4.52. The quantitative estimate of drug-likeness (QED) is 0.162. The molecule has 0 radical (unpaired) electrons. The summed E-state index contributed by atoms with van der Waals surface area (Å²) in [4.78, 5) is 42.1. The molecule has 0 aliphatic heterocycles. The molecule has 0 bridgehead atoms. The zero-order valence-electron chi connectivity index (χ0n) is 28.8. The van der Waals surface area contributed by atoms with Crippen LogP contribution in [0.5, 0.6) is 11.5 Å². The van der Waals surface area contributed by atoms with Crippen LogP contribution in [0.25, 0.3) is 11.3 Å². The number of nitrogens with zero attached hydrogens (tertiary/aromatic N) is 1. The van der Waals surface area contributed by atoms with E-state index in [9.17, 15) is 37.1 Å². The average Bonchev–Trinajstić information content (AvgIpc) is 3.86. The Hall–Kier alpha value is -4.63. The van der Waals surface area contributed by atoms with Gasteiger partial charge in [0, 0.05) is 11.1 Å². The molecule has 1 saturated carbocycles. The van der Waals surface area contributed by atoms with E-state index in [0.29, 0.717) is 5.75 Å². The number of rotatable bonds is 12. The van der Waals surface area contributed by atoms with Gasteiger partial charge in [0.05, 0.1) is 41.7 Å². The van der Waals surface area contributed by atoms with Crippen LogP contribution in [-0.4, -0.2) is 66.1 Å². The molecule has 4 N–H and O–H groups in total. The van der Waals surface area contributed by atoms with Gasteiger partial charge in [-0.25, -0.2) is 14.2 Å². The number of aliphatic hydroxyl groups is 1. The number of hydrogen-bond donors (Lipinski definition) is 4. The molecule has 4 rings (SSSR count). The normalized spacial score (nSPS) is 14.6. The van der Waals surface area contributed by atoms with Crippen LogP contribution in [-0.2, 0) is 20.7 Å². The highest BCUT2D eigenvalue weighted by molar-refractivity contribution is 6.31. The summed E-state index contributed by atoms with van der Waals surface area (Å²) >= 11 is 5.97. The molecule has 51 heavy (non-hydrogen) atoms. The summed E-state index contributed by atoms with van der Waals surface area (Å²) in [5, 5.41) is 18.1. The minimum Gasteiger partial charge on any atom is -0.493 e. The largest absolute Gasteiger partial charge is 0.493 e. The number of benzene rings is 2. The standard InChI is InChI=1S/C35H39ClF4N4O7/c1-32(2,3)51-31(47)41-17-29(45)44-33(4,5)21-15-25(19-7-11-24(37)23(36)13-19)43-28(16-21)34(48,35(38,39)40)18-42-30(46)20-8-12-26(27(14-20)49-6)50-22-9-10-22/h7-8,11-16,22,48H,9-10,17-18H2,1-6H3,(H,41,47)(H,42,46)(H,44,45). The van der Waals surface area contributed by atoms with Gasteiger partial charge in [-0.2, -0.15) is 13.2 Å². The summed E-state index contributed by atoms with van der Waals surface area (Å²) < 4.78 is 74.7. The third-order valence-corrected chi connectivity index (χ3v) is 7.94. The van der Waals surface area contributed by atoms with Gasteiger partial charge in [-0.3, -0.25) is 9.59 Å². The first-order chi connectivity index (χ1) is 23.6.